The molecule has 0 amide bonds. The van der Waals surface area contributed by atoms with Gasteiger partial charge in [0.05, 0.1) is 0 Å². The molecule has 84 valence electrons. The van der Waals surface area contributed by atoms with Gasteiger partial charge in [0.1, 0.15) is 0 Å². The van der Waals surface area contributed by atoms with Gasteiger partial charge in [0.2, 0.25) is 0 Å². The molecule has 1 aromatic rings. The Morgan fingerprint density at radius 2 is 1.87 bits per heavy atom. The Labute approximate surface area is 92.9 Å². The van der Waals surface area contributed by atoms with E-state index in [-0.39, 0.29) is 0 Å². The Hall–Kier alpha value is -0.860. The molecule has 1 aromatic carbocycles. The standard InChI is InChI=1S/C13H22N2/c1-11(2)8-9-15-13(10-14)12-6-4-3-5-7-12/h3-7,11,13,15H,8-10,14H2,1-2H3. The van der Waals surface area contributed by atoms with Gasteiger partial charge in [-0.1, -0.05) is 44.2 Å². The van der Waals surface area contributed by atoms with Crippen molar-refractivity contribution in [1.29, 1.82) is 0 Å². The van der Waals surface area contributed by atoms with E-state index in [9.17, 15) is 0 Å². The average molecular weight is 206 g/mol. The predicted octanol–water partition coefficient (Wildman–Crippen LogP) is 2.32. The third kappa shape index (κ3) is 4.45. The number of nitrogens with two attached hydrogens (primary N) is 1. The lowest BCUT2D eigenvalue weighted by molar-refractivity contribution is 0.482. The zero-order valence-electron chi connectivity index (χ0n) is 9.74. The lowest BCUT2D eigenvalue weighted by Crippen LogP contribution is -2.29. The Morgan fingerprint density at radius 1 is 1.20 bits per heavy atom. The van der Waals surface area contributed by atoms with Crippen molar-refractivity contribution in [1.82, 2.24) is 5.32 Å². The summed E-state index contributed by atoms with van der Waals surface area (Å²) >= 11 is 0. The molecule has 3 N–H and O–H groups in total. The quantitative estimate of drug-likeness (QED) is 0.749. The highest BCUT2D eigenvalue weighted by Crippen LogP contribution is 2.11. The van der Waals surface area contributed by atoms with Crippen molar-refractivity contribution in [2.45, 2.75) is 26.3 Å². The molecular formula is C13H22N2. The van der Waals surface area contributed by atoms with Crippen molar-refractivity contribution >= 4 is 0 Å². The van der Waals surface area contributed by atoms with Gasteiger partial charge in [0, 0.05) is 12.6 Å². The first-order valence-corrected chi connectivity index (χ1v) is 5.72. The van der Waals surface area contributed by atoms with E-state index in [2.05, 4.69) is 43.4 Å². The van der Waals surface area contributed by atoms with Crippen LogP contribution in [0, 0.1) is 5.92 Å². The van der Waals surface area contributed by atoms with Crippen molar-refractivity contribution in [2.75, 3.05) is 13.1 Å². The number of hydrogen-bond donors (Lipinski definition) is 2. The maximum atomic E-state index is 5.76. The van der Waals surface area contributed by atoms with Crippen molar-refractivity contribution in [2.24, 2.45) is 11.7 Å². The molecule has 1 atom stereocenters. The lowest BCUT2D eigenvalue weighted by atomic mass is 10.1. The van der Waals surface area contributed by atoms with Crippen LogP contribution in [-0.2, 0) is 0 Å². The van der Waals surface area contributed by atoms with Gasteiger partial charge < -0.3 is 11.1 Å². The summed E-state index contributed by atoms with van der Waals surface area (Å²) in [7, 11) is 0. The van der Waals surface area contributed by atoms with Gasteiger partial charge in [0.25, 0.3) is 0 Å². The summed E-state index contributed by atoms with van der Waals surface area (Å²) in [5.41, 5.74) is 7.04. The van der Waals surface area contributed by atoms with Crippen LogP contribution in [-0.4, -0.2) is 13.1 Å². The van der Waals surface area contributed by atoms with Gasteiger partial charge >= 0.3 is 0 Å². The Balaban J connectivity index is 2.43. The first kappa shape index (κ1) is 12.2. The van der Waals surface area contributed by atoms with Gasteiger partial charge in [0.15, 0.2) is 0 Å². The predicted molar refractivity (Wildman–Crippen MR) is 65.7 cm³/mol. The number of benzene rings is 1. The van der Waals surface area contributed by atoms with E-state index in [0.29, 0.717) is 12.6 Å². The summed E-state index contributed by atoms with van der Waals surface area (Å²) in [5.74, 6) is 0.742. The zero-order chi connectivity index (χ0) is 11.1. The first-order chi connectivity index (χ1) is 7.24. The largest absolute Gasteiger partial charge is 0.329 e. The van der Waals surface area contributed by atoms with Crippen LogP contribution in [0.25, 0.3) is 0 Å². The summed E-state index contributed by atoms with van der Waals surface area (Å²) in [6.45, 7) is 6.17. The number of rotatable bonds is 6. The first-order valence-electron chi connectivity index (χ1n) is 5.72. The van der Waals surface area contributed by atoms with Gasteiger partial charge in [-0.15, -0.1) is 0 Å². The minimum absolute atomic E-state index is 0.296. The minimum Gasteiger partial charge on any atom is -0.329 e. The second-order valence-corrected chi connectivity index (χ2v) is 4.34. The molecule has 0 aliphatic rings. The van der Waals surface area contributed by atoms with E-state index >= 15 is 0 Å². The van der Waals surface area contributed by atoms with E-state index in [4.69, 9.17) is 5.73 Å². The fraction of sp³-hybridized carbons (Fsp3) is 0.538. The highest BCUT2D eigenvalue weighted by atomic mass is 14.9. The van der Waals surface area contributed by atoms with E-state index in [1.165, 1.54) is 12.0 Å². The molecule has 0 heterocycles. The molecule has 1 unspecified atom stereocenters. The SMILES string of the molecule is CC(C)CCNC(CN)c1ccccc1. The molecule has 1 rings (SSSR count). The van der Waals surface area contributed by atoms with Gasteiger partial charge in [-0.3, -0.25) is 0 Å². The summed E-state index contributed by atoms with van der Waals surface area (Å²) in [5, 5.41) is 3.49. The maximum Gasteiger partial charge on any atom is 0.0444 e. The molecule has 0 bridgehead atoms. The highest BCUT2D eigenvalue weighted by Gasteiger charge is 2.07. The summed E-state index contributed by atoms with van der Waals surface area (Å²) < 4.78 is 0. The second kappa shape index (κ2) is 6.59. The molecule has 0 spiro atoms. The normalized spacial score (nSPS) is 13.1. The van der Waals surface area contributed by atoms with Gasteiger partial charge in [-0.2, -0.15) is 0 Å². The van der Waals surface area contributed by atoms with E-state index in [1.807, 2.05) is 6.07 Å². The molecule has 0 aliphatic heterocycles. The molecule has 2 nitrogen and oxygen atoms in total. The smallest absolute Gasteiger partial charge is 0.0444 e. The minimum atomic E-state index is 0.296. The van der Waals surface area contributed by atoms with Crippen LogP contribution in [0.4, 0.5) is 0 Å². The number of hydrogen-bond acceptors (Lipinski definition) is 2. The van der Waals surface area contributed by atoms with E-state index in [1.54, 1.807) is 0 Å². The van der Waals surface area contributed by atoms with E-state index in [0.717, 1.165) is 12.5 Å². The second-order valence-electron chi connectivity index (χ2n) is 4.34. The Bertz CT molecular complexity index is 256. The van der Waals surface area contributed by atoms with Crippen molar-refractivity contribution in [3.05, 3.63) is 35.9 Å². The van der Waals surface area contributed by atoms with Gasteiger partial charge in [-0.25, -0.2) is 0 Å². The summed E-state index contributed by atoms with van der Waals surface area (Å²) in [6, 6.07) is 10.7. The van der Waals surface area contributed by atoms with Crippen molar-refractivity contribution < 1.29 is 0 Å². The summed E-state index contributed by atoms with van der Waals surface area (Å²) in [4.78, 5) is 0. The Morgan fingerprint density at radius 3 is 2.40 bits per heavy atom. The fourth-order valence-electron chi connectivity index (χ4n) is 1.57. The molecule has 0 radical (unpaired) electrons. The zero-order valence-corrected chi connectivity index (χ0v) is 9.74. The molecule has 0 saturated carbocycles. The molecular weight excluding hydrogens is 184 g/mol. The van der Waals surface area contributed by atoms with Gasteiger partial charge in [-0.05, 0) is 24.4 Å². The molecule has 15 heavy (non-hydrogen) atoms. The third-order valence-electron chi connectivity index (χ3n) is 2.55. The molecule has 2 heteroatoms. The van der Waals surface area contributed by atoms with Crippen LogP contribution in [0.2, 0.25) is 0 Å². The molecule has 0 saturated heterocycles. The number of nitrogens with one attached hydrogen (secondary N) is 1. The Kier molecular flexibility index (Phi) is 5.37. The lowest BCUT2D eigenvalue weighted by Gasteiger charge is -2.17. The molecule has 0 fully saturated rings. The topological polar surface area (TPSA) is 38.0 Å². The van der Waals surface area contributed by atoms with Crippen LogP contribution < -0.4 is 11.1 Å². The van der Waals surface area contributed by atoms with Crippen LogP contribution in [0.1, 0.15) is 31.9 Å². The fourth-order valence-corrected chi connectivity index (χ4v) is 1.57. The maximum absolute atomic E-state index is 5.76. The summed E-state index contributed by atoms with van der Waals surface area (Å²) in [6.07, 6.45) is 1.20. The van der Waals surface area contributed by atoms with Crippen LogP contribution >= 0.6 is 0 Å². The van der Waals surface area contributed by atoms with Crippen molar-refractivity contribution in [3.8, 4) is 0 Å². The third-order valence-corrected chi connectivity index (χ3v) is 2.55. The highest BCUT2D eigenvalue weighted by molar-refractivity contribution is 5.19. The van der Waals surface area contributed by atoms with Crippen molar-refractivity contribution in [3.63, 3.8) is 0 Å². The average Bonchev–Trinajstić information content (AvgIpc) is 2.25. The van der Waals surface area contributed by atoms with Crippen LogP contribution in [0.3, 0.4) is 0 Å². The van der Waals surface area contributed by atoms with Crippen LogP contribution in [0.15, 0.2) is 30.3 Å². The van der Waals surface area contributed by atoms with Crippen LogP contribution in [0.5, 0.6) is 0 Å². The monoisotopic (exact) mass is 206 g/mol. The van der Waals surface area contributed by atoms with E-state index < -0.39 is 0 Å². The molecule has 0 aliphatic carbocycles. The molecule has 0 aromatic heterocycles.